The van der Waals surface area contributed by atoms with Crippen molar-refractivity contribution in [3.05, 3.63) is 39.4 Å². The van der Waals surface area contributed by atoms with Crippen LogP contribution in [0, 0.1) is 10.1 Å². The Morgan fingerprint density at radius 3 is 2.59 bits per heavy atom. The summed E-state index contributed by atoms with van der Waals surface area (Å²) in [4.78, 5) is 20.9. The highest BCUT2D eigenvalue weighted by atomic mass is 16.7. The zero-order valence-corrected chi connectivity index (χ0v) is 8.66. The second-order valence-electron chi connectivity index (χ2n) is 3.41. The van der Waals surface area contributed by atoms with Crippen molar-refractivity contribution in [3.63, 3.8) is 0 Å². The summed E-state index contributed by atoms with van der Waals surface area (Å²) in [5, 5.41) is 19.6. The highest BCUT2D eigenvalue weighted by Gasteiger charge is 2.27. The lowest BCUT2D eigenvalue weighted by Gasteiger charge is -2.09. The Bertz CT molecular complexity index is 466. The van der Waals surface area contributed by atoms with Crippen molar-refractivity contribution < 1.29 is 24.3 Å². The number of aromatic carboxylic acids is 1. The number of nitro benzene ring substituents is 1. The largest absolute Gasteiger partial charge is 0.478 e. The Morgan fingerprint density at radius 2 is 2.06 bits per heavy atom. The summed E-state index contributed by atoms with van der Waals surface area (Å²) in [5.74, 6) is -1.21. The van der Waals surface area contributed by atoms with Crippen molar-refractivity contribution in [1.29, 1.82) is 0 Å². The number of carboxylic acids is 1. The van der Waals surface area contributed by atoms with E-state index < -0.39 is 17.2 Å². The standard InChI is InChI=1S/C10H9NO6/c12-9(13)6-1-2-7(8(5-6)11(14)15)10-16-3-4-17-10/h1-2,5,10H,3-4H2,(H,12,13). The summed E-state index contributed by atoms with van der Waals surface area (Å²) >= 11 is 0. The first-order valence-electron chi connectivity index (χ1n) is 4.84. The van der Waals surface area contributed by atoms with Crippen LogP contribution >= 0.6 is 0 Å². The maximum Gasteiger partial charge on any atom is 0.335 e. The summed E-state index contributed by atoms with van der Waals surface area (Å²) in [6.07, 6.45) is -0.793. The van der Waals surface area contributed by atoms with Crippen LogP contribution in [0.4, 0.5) is 5.69 Å². The van der Waals surface area contributed by atoms with E-state index in [0.717, 1.165) is 6.07 Å². The number of hydrogen-bond acceptors (Lipinski definition) is 5. The lowest BCUT2D eigenvalue weighted by Crippen LogP contribution is -2.05. The molecule has 7 nitrogen and oxygen atoms in total. The molecule has 1 aliphatic heterocycles. The number of carbonyl (C=O) groups is 1. The number of benzene rings is 1. The minimum Gasteiger partial charge on any atom is -0.478 e. The summed E-state index contributed by atoms with van der Waals surface area (Å²) in [6, 6.07) is 3.63. The van der Waals surface area contributed by atoms with Crippen molar-refractivity contribution >= 4 is 11.7 Å². The van der Waals surface area contributed by atoms with E-state index in [4.69, 9.17) is 14.6 Å². The topological polar surface area (TPSA) is 98.9 Å². The van der Waals surface area contributed by atoms with Gasteiger partial charge in [0.2, 0.25) is 0 Å². The van der Waals surface area contributed by atoms with Gasteiger partial charge in [0.05, 0.1) is 29.3 Å². The summed E-state index contributed by atoms with van der Waals surface area (Å²) in [7, 11) is 0. The van der Waals surface area contributed by atoms with Crippen LogP contribution in [0.1, 0.15) is 22.2 Å². The normalized spacial score (nSPS) is 16.0. The van der Waals surface area contributed by atoms with E-state index in [2.05, 4.69) is 0 Å². The number of hydrogen-bond donors (Lipinski definition) is 1. The van der Waals surface area contributed by atoms with Gasteiger partial charge in [0.25, 0.3) is 5.69 Å². The molecule has 0 aliphatic carbocycles. The van der Waals surface area contributed by atoms with Gasteiger partial charge >= 0.3 is 5.97 Å². The van der Waals surface area contributed by atoms with Crippen LogP contribution in [0.2, 0.25) is 0 Å². The van der Waals surface area contributed by atoms with E-state index in [9.17, 15) is 14.9 Å². The predicted molar refractivity (Wildman–Crippen MR) is 54.7 cm³/mol. The zero-order chi connectivity index (χ0) is 12.4. The number of ether oxygens (including phenoxy) is 2. The van der Waals surface area contributed by atoms with Gasteiger partial charge in [-0.1, -0.05) is 0 Å². The van der Waals surface area contributed by atoms with Gasteiger partial charge in [-0.25, -0.2) is 4.79 Å². The molecule has 0 atom stereocenters. The highest BCUT2D eigenvalue weighted by Crippen LogP contribution is 2.31. The average Bonchev–Trinajstić information content (AvgIpc) is 2.81. The molecule has 1 aromatic rings. The van der Waals surface area contributed by atoms with Gasteiger partial charge in [0.1, 0.15) is 0 Å². The number of carboxylic acid groups (broad SMARTS) is 1. The first kappa shape index (κ1) is 11.5. The van der Waals surface area contributed by atoms with Gasteiger partial charge in [0, 0.05) is 6.07 Å². The first-order valence-corrected chi connectivity index (χ1v) is 4.84. The molecule has 17 heavy (non-hydrogen) atoms. The molecule has 1 aromatic carbocycles. The van der Waals surface area contributed by atoms with E-state index in [1.165, 1.54) is 12.1 Å². The molecule has 0 amide bonds. The van der Waals surface area contributed by atoms with Crippen LogP contribution in [0.25, 0.3) is 0 Å². The van der Waals surface area contributed by atoms with Crippen molar-refractivity contribution in [2.24, 2.45) is 0 Å². The highest BCUT2D eigenvalue weighted by molar-refractivity contribution is 5.88. The third kappa shape index (κ3) is 2.24. The molecular weight excluding hydrogens is 230 g/mol. The third-order valence-electron chi connectivity index (χ3n) is 2.35. The smallest absolute Gasteiger partial charge is 0.335 e. The molecule has 0 radical (unpaired) electrons. The predicted octanol–water partition coefficient (Wildman–Crippen LogP) is 1.34. The molecule has 1 fully saturated rings. The van der Waals surface area contributed by atoms with Gasteiger partial charge in [-0.2, -0.15) is 0 Å². The van der Waals surface area contributed by atoms with Crippen molar-refractivity contribution in [3.8, 4) is 0 Å². The molecule has 1 N–H and O–H groups in total. The quantitative estimate of drug-likeness (QED) is 0.631. The summed E-state index contributed by atoms with van der Waals surface area (Å²) < 4.78 is 10.3. The van der Waals surface area contributed by atoms with E-state index in [-0.39, 0.29) is 16.8 Å². The maximum atomic E-state index is 10.9. The van der Waals surface area contributed by atoms with Gasteiger partial charge in [-0.3, -0.25) is 10.1 Å². The fourth-order valence-electron chi connectivity index (χ4n) is 1.57. The summed E-state index contributed by atoms with van der Waals surface area (Å²) in [5.41, 5.74) is -0.215. The van der Waals surface area contributed by atoms with Gasteiger partial charge in [-0.15, -0.1) is 0 Å². The van der Waals surface area contributed by atoms with Crippen LogP contribution in [-0.2, 0) is 9.47 Å². The second kappa shape index (κ2) is 4.48. The van der Waals surface area contributed by atoms with E-state index in [1.807, 2.05) is 0 Å². The Hall–Kier alpha value is -1.99. The number of rotatable bonds is 3. The Morgan fingerprint density at radius 1 is 1.41 bits per heavy atom. The molecule has 0 aromatic heterocycles. The van der Waals surface area contributed by atoms with Crippen molar-refractivity contribution in [2.45, 2.75) is 6.29 Å². The third-order valence-corrected chi connectivity index (χ3v) is 2.35. The van der Waals surface area contributed by atoms with E-state index in [1.54, 1.807) is 0 Å². The molecule has 7 heteroatoms. The molecule has 0 spiro atoms. The lowest BCUT2D eigenvalue weighted by atomic mass is 10.1. The Balaban J connectivity index is 2.44. The van der Waals surface area contributed by atoms with Gasteiger partial charge in [0.15, 0.2) is 6.29 Å². The average molecular weight is 239 g/mol. The van der Waals surface area contributed by atoms with Crippen LogP contribution in [-0.4, -0.2) is 29.2 Å². The molecular formula is C10H9NO6. The SMILES string of the molecule is O=C(O)c1ccc(C2OCCO2)c([N+](=O)[O-])c1. The monoisotopic (exact) mass is 239 g/mol. The zero-order valence-electron chi connectivity index (χ0n) is 8.66. The van der Waals surface area contributed by atoms with Crippen LogP contribution < -0.4 is 0 Å². The Kier molecular flexibility index (Phi) is 3.03. The second-order valence-corrected chi connectivity index (χ2v) is 3.41. The fraction of sp³-hybridized carbons (Fsp3) is 0.300. The van der Waals surface area contributed by atoms with Gasteiger partial charge in [-0.05, 0) is 12.1 Å². The Labute approximate surface area is 95.7 Å². The van der Waals surface area contributed by atoms with Crippen molar-refractivity contribution in [1.82, 2.24) is 0 Å². The van der Waals surface area contributed by atoms with Crippen LogP contribution in [0.3, 0.4) is 0 Å². The van der Waals surface area contributed by atoms with Crippen LogP contribution in [0.15, 0.2) is 18.2 Å². The lowest BCUT2D eigenvalue weighted by molar-refractivity contribution is -0.386. The molecule has 0 unspecified atom stereocenters. The maximum absolute atomic E-state index is 10.9. The minimum atomic E-state index is -1.21. The molecule has 1 aliphatic rings. The minimum absolute atomic E-state index is 0.140. The molecule has 0 saturated carbocycles. The molecule has 2 rings (SSSR count). The van der Waals surface area contributed by atoms with Gasteiger partial charge < -0.3 is 14.6 Å². The van der Waals surface area contributed by atoms with E-state index >= 15 is 0 Å². The van der Waals surface area contributed by atoms with Crippen LogP contribution in [0.5, 0.6) is 0 Å². The first-order chi connectivity index (χ1) is 8.09. The molecule has 90 valence electrons. The molecule has 1 saturated heterocycles. The molecule has 1 heterocycles. The van der Waals surface area contributed by atoms with Crippen molar-refractivity contribution in [2.75, 3.05) is 13.2 Å². The molecule has 0 bridgehead atoms. The van der Waals surface area contributed by atoms with E-state index in [0.29, 0.717) is 13.2 Å². The number of nitrogens with zero attached hydrogens (tertiary/aromatic N) is 1. The summed E-state index contributed by atoms with van der Waals surface area (Å²) in [6.45, 7) is 0.727. The fourth-order valence-corrected chi connectivity index (χ4v) is 1.57. The number of nitro groups is 1.